The van der Waals surface area contributed by atoms with E-state index in [0.29, 0.717) is 24.3 Å². The molecule has 2 aromatic rings. The molecule has 11 nitrogen and oxygen atoms in total. The molecule has 0 radical (unpaired) electrons. The van der Waals surface area contributed by atoms with Crippen molar-refractivity contribution in [3.05, 3.63) is 53.6 Å². The van der Waals surface area contributed by atoms with Gasteiger partial charge in [0.25, 0.3) is 0 Å². The summed E-state index contributed by atoms with van der Waals surface area (Å²) < 4.78 is 102. The number of primary amides is 1. The standard InChI is InChI=1S/C27H36F2N4O3.2C2HF3O2/c1-31(2)13-14-32-12-11-27(18-5-8-23(35-3)24(15-18)36-4)10-9-20(17-25(27)32)33(26(30)34)19-6-7-21(28)22(29)16-19;2*3-2(4,5)1(6)7/h5-8,15-16,20,25H,9-14,17H2,1-4H3,(H2,30,34);2*(H,6,7)/t20-,25+,27+;;/m1../s1. The smallest absolute Gasteiger partial charge is 0.490 e. The molecular weight excluding hydrogens is 692 g/mol. The third-order valence-electron chi connectivity index (χ3n) is 8.40. The van der Waals surface area contributed by atoms with Gasteiger partial charge in [0, 0.05) is 42.3 Å². The molecule has 280 valence electrons. The van der Waals surface area contributed by atoms with E-state index >= 15 is 0 Å². The van der Waals surface area contributed by atoms with Crippen molar-refractivity contribution in [2.45, 2.75) is 55.5 Å². The van der Waals surface area contributed by atoms with Crippen LogP contribution in [0.5, 0.6) is 11.5 Å². The first kappa shape index (κ1) is 41.8. The highest BCUT2D eigenvalue weighted by Gasteiger charge is 2.52. The van der Waals surface area contributed by atoms with Crippen LogP contribution in [0.25, 0.3) is 0 Å². The fourth-order valence-electron chi connectivity index (χ4n) is 6.09. The number of carbonyl (C=O) groups excluding carboxylic acids is 1. The van der Waals surface area contributed by atoms with E-state index < -0.39 is 42.0 Å². The Morgan fingerprint density at radius 1 is 0.900 bits per heavy atom. The van der Waals surface area contributed by atoms with E-state index in [1.807, 2.05) is 6.07 Å². The predicted molar refractivity (Wildman–Crippen MR) is 163 cm³/mol. The Bertz CT molecular complexity index is 1470. The quantitative estimate of drug-likeness (QED) is 0.310. The second kappa shape index (κ2) is 17.0. The number of amides is 2. The van der Waals surface area contributed by atoms with Gasteiger partial charge in [0.15, 0.2) is 23.1 Å². The van der Waals surface area contributed by atoms with E-state index in [9.17, 15) is 39.9 Å². The molecule has 50 heavy (non-hydrogen) atoms. The summed E-state index contributed by atoms with van der Waals surface area (Å²) in [5.74, 6) is -6.09. The molecule has 4 N–H and O–H groups in total. The lowest BCUT2D eigenvalue weighted by Gasteiger charge is -2.48. The average molecular weight is 731 g/mol. The Morgan fingerprint density at radius 2 is 1.46 bits per heavy atom. The van der Waals surface area contributed by atoms with Gasteiger partial charge in [-0.05, 0) is 76.2 Å². The molecule has 2 amide bonds. The number of fused-ring (bicyclic) bond motifs is 1. The van der Waals surface area contributed by atoms with E-state index in [1.54, 1.807) is 14.2 Å². The summed E-state index contributed by atoms with van der Waals surface area (Å²) in [7, 11) is 7.37. The van der Waals surface area contributed by atoms with Gasteiger partial charge in [-0.3, -0.25) is 9.80 Å². The van der Waals surface area contributed by atoms with E-state index in [4.69, 9.17) is 35.0 Å². The Labute approximate surface area is 282 Å². The van der Waals surface area contributed by atoms with Gasteiger partial charge >= 0.3 is 30.3 Å². The molecule has 0 unspecified atom stereocenters. The van der Waals surface area contributed by atoms with E-state index in [0.717, 1.165) is 44.6 Å². The van der Waals surface area contributed by atoms with Crippen LogP contribution in [0, 0.1) is 11.6 Å². The molecule has 1 aliphatic carbocycles. The number of methoxy groups -OCH3 is 2. The molecule has 1 aliphatic heterocycles. The number of rotatable bonds is 8. The van der Waals surface area contributed by atoms with Crippen molar-refractivity contribution in [2.75, 3.05) is 52.8 Å². The highest BCUT2D eigenvalue weighted by molar-refractivity contribution is 5.91. The van der Waals surface area contributed by atoms with Crippen LogP contribution in [-0.2, 0) is 15.0 Å². The third-order valence-corrected chi connectivity index (χ3v) is 8.40. The number of nitrogens with two attached hydrogens (primary N) is 1. The van der Waals surface area contributed by atoms with Crippen molar-refractivity contribution >= 4 is 23.7 Å². The first-order valence-corrected chi connectivity index (χ1v) is 14.8. The van der Waals surface area contributed by atoms with Crippen molar-refractivity contribution in [3.63, 3.8) is 0 Å². The third kappa shape index (κ3) is 10.6. The number of carboxylic acid groups (broad SMARTS) is 2. The number of urea groups is 1. The van der Waals surface area contributed by atoms with Gasteiger partial charge in [0.2, 0.25) is 0 Å². The fraction of sp³-hybridized carbons (Fsp3) is 0.516. The summed E-state index contributed by atoms with van der Waals surface area (Å²) in [4.78, 5) is 36.4. The number of hydrogen-bond donors (Lipinski definition) is 3. The lowest BCUT2D eigenvalue weighted by molar-refractivity contribution is -0.193. The van der Waals surface area contributed by atoms with Crippen molar-refractivity contribution in [2.24, 2.45) is 5.73 Å². The maximum Gasteiger partial charge on any atom is 0.490 e. The minimum atomic E-state index is -5.08. The largest absolute Gasteiger partial charge is 0.493 e. The molecule has 4 rings (SSSR count). The molecule has 1 heterocycles. The van der Waals surface area contributed by atoms with Crippen molar-refractivity contribution in [1.82, 2.24) is 9.80 Å². The zero-order valence-electron chi connectivity index (χ0n) is 27.4. The van der Waals surface area contributed by atoms with Gasteiger partial charge in [-0.25, -0.2) is 23.2 Å². The Morgan fingerprint density at radius 3 is 1.92 bits per heavy atom. The Kier molecular flexibility index (Phi) is 14.2. The normalized spacial score (nSPS) is 20.4. The molecule has 3 atom stereocenters. The number of anilines is 1. The summed E-state index contributed by atoms with van der Waals surface area (Å²) in [6.45, 7) is 2.73. The van der Waals surface area contributed by atoms with Crippen molar-refractivity contribution in [3.8, 4) is 11.5 Å². The van der Waals surface area contributed by atoms with Crippen LogP contribution < -0.4 is 20.1 Å². The van der Waals surface area contributed by atoms with Gasteiger partial charge in [-0.15, -0.1) is 0 Å². The topological polar surface area (TPSA) is 146 Å². The highest BCUT2D eigenvalue weighted by Crippen LogP contribution is 2.51. The first-order chi connectivity index (χ1) is 23.1. The zero-order chi connectivity index (χ0) is 38.2. The number of likely N-dealkylation sites (N-methyl/N-ethyl adjacent to an activating group) is 1. The second-order valence-electron chi connectivity index (χ2n) is 11.7. The minimum Gasteiger partial charge on any atom is -0.493 e. The first-order valence-electron chi connectivity index (χ1n) is 14.8. The van der Waals surface area contributed by atoms with Gasteiger partial charge in [-0.1, -0.05) is 6.07 Å². The predicted octanol–water partition coefficient (Wildman–Crippen LogP) is 5.26. The lowest BCUT2D eigenvalue weighted by atomic mass is 9.64. The lowest BCUT2D eigenvalue weighted by Crippen LogP contribution is -2.55. The molecule has 19 heteroatoms. The molecule has 0 aromatic heterocycles. The van der Waals surface area contributed by atoms with E-state index in [2.05, 4.69) is 36.0 Å². The fourth-order valence-corrected chi connectivity index (χ4v) is 6.09. The Hall–Kier alpha value is -4.39. The van der Waals surface area contributed by atoms with Crippen LogP contribution in [-0.4, -0.2) is 110 Å². The van der Waals surface area contributed by atoms with Crippen LogP contribution in [0.15, 0.2) is 36.4 Å². The molecule has 0 bridgehead atoms. The molecular formula is C31H38F8N4O7. The minimum absolute atomic E-state index is 0.125. The summed E-state index contributed by atoms with van der Waals surface area (Å²) >= 11 is 0. The molecule has 0 spiro atoms. The number of ether oxygens (including phenoxy) is 2. The summed E-state index contributed by atoms with van der Waals surface area (Å²) in [5, 5.41) is 14.2. The van der Waals surface area contributed by atoms with Crippen molar-refractivity contribution in [1.29, 1.82) is 0 Å². The average Bonchev–Trinajstić information content (AvgIpc) is 3.40. The van der Waals surface area contributed by atoms with Crippen LogP contribution in [0.3, 0.4) is 0 Å². The van der Waals surface area contributed by atoms with Crippen LogP contribution in [0.2, 0.25) is 0 Å². The van der Waals surface area contributed by atoms with Gasteiger partial charge < -0.3 is 30.3 Å². The van der Waals surface area contributed by atoms with Crippen LogP contribution in [0.1, 0.15) is 31.2 Å². The van der Waals surface area contributed by atoms with E-state index in [-0.39, 0.29) is 23.2 Å². The molecule has 2 aromatic carbocycles. The number of alkyl halides is 6. The second-order valence-corrected chi connectivity index (χ2v) is 11.7. The SMILES string of the molecule is COc1ccc([C@@]23CC[C@@H](N(C(N)=O)c4ccc(F)c(F)c4)C[C@@H]2N(CCN(C)C)CC3)cc1OC.O=C(O)C(F)(F)F.O=C(O)C(F)(F)F. The van der Waals surface area contributed by atoms with Crippen LogP contribution in [0.4, 0.5) is 45.6 Å². The van der Waals surface area contributed by atoms with Gasteiger partial charge in [-0.2, -0.15) is 26.3 Å². The maximum atomic E-state index is 14.1. The number of carboxylic acids is 2. The summed E-state index contributed by atoms with van der Waals surface area (Å²) in [6, 6.07) is 8.89. The highest BCUT2D eigenvalue weighted by atomic mass is 19.4. The number of likely N-dealkylation sites (tertiary alicyclic amines) is 1. The molecule has 1 saturated carbocycles. The summed E-state index contributed by atoms with van der Waals surface area (Å²) in [6.07, 6.45) is -7.00. The monoisotopic (exact) mass is 730 g/mol. The number of carbonyl (C=O) groups is 3. The molecule has 2 fully saturated rings. The molecule has 1 saturated heterocycles. The van der Waals surface area contributed by atoms with Crippen molar-refractivity contribution < 1.29 is 69.2 Å². The number of nitrogens with zero attached hydrogens (tertiary/aromatic N) is 3. The summed E-state index contributed by atoms with van der Waals surface area (Å²) in [5.41, 5.74) is 7.14. The van der Waals surface area contributed by atoms with E-state index in [1.165, 1.54) is 16.5 Å². The van der Waals surface area contributed by atoms with Gasteiger partial charge in [0.05, 0.1) is 14.2 Å². The zero-order valence-corrected chi connectivity index (χ0v) is 27.4. The van der Waals surface area contributed by atoms with Gasteiger partial charge in [0.1, 0.15) is 0 Å². The number of benzene rings is 2. The number of aliphatic carboxylic acids is 2. The number of halogens is 8. The maximum absolute atomic E-state index is 14.1. The van der Waals surface area contributed by atoms with Crippen LogP contribution >= 0.6 is 0 Å². The number of hydrogen-bond acceptors (Lipinski definition) is 7. The Balaban J connectivity index is 0.000000521. The molecule has 2 aliphatic rings.